The van der Waals surface area contributed by atoms with E-state index in [1.54, 1.807) is 0 Å². The van der Waals surface area contributed by atoms with Crippen molar-refractivity contribution >= 4 is 31.2 Å². The molecule has 0 aliphatic heterocycles. The summed E-state index contributed by atoms with van der Waals surface area (Å²) < 4.78 is 61.1. The van der Waals surface area contributed by atoms with E-state index in [1.165, 1.54) is 0 Å². The van der Waals surface area contributed by atoms with Crippen LogP contribution in [0.3, 0.4) is 0 Å². The summed E-state index contributed by atoms with van der Waals surface area (Å²) >= 11 is 0. The Hall–Kier alpha value is -1.79. The molecule has 0 amide bonds. The summed E-state index contributed by atoms with van der Waals surface area (Å²) in [5.41, 5.74) is 3.98. The van der Waals surface area contributed by atoms with Crippen LogP contribution in [-0.4, -0.2) is 40.3 Å². The van der Waals surface area contributed by atoms with Gasteiger partial charge < -0.3 is 5.73 Å². The molecular formula is C9H12FN3O6S2. The quantitative estimate of drug-likeness (QED) is 0.407. The molecule has 0 aliphatic rings. The maximum atomic E-state index is 13.7. The number of halogens is 1. The maximum Gasteiger partial charge on any atom is 0.274 e. The monoisotopic (exact) mass is 341 g/mol. The number of nitrogen functional groups attached to an aromatic ring is 1. The van der Waals surface area contributed by atoms with Gasteiger partial charge in [-0.1, -0.05) is 0 Å². The van der Waals surface area contributed by atoms with Crippen LogP contribution in [0.5, 0.6) is 0 Å². The Morgan fingerprint density at radius 2 is 1.90 bits per heavy atom. The first kappa shape index (κ1) is 17.3. The van der Waals surface area contributed by atoms with E-state index in [1.807, 2.05) is 4.72 Å². The largest absolute Gasteiger partial charge is 0.397 e. The van der Waals surface area contributed by atoms with Crippen LogP contribution in [0, 0.1) is 15.9 Å². The highest BCUT2D eigenvalue weighted by Crippen LogP contribution is 2.27. The lowest BCUT2D eigenvalue weighted by atomic mass is 10.3. The van der Waals surface area contributed by atoms with Gasteiger partial charge in [-0.3, -0.25) is 10.1 Å². The lowest BCUT2D eigenvalue weighted by Gasteiger charge is -2.09. The third-order valence-corrected chi connectivity index (χ3v) is 4.80. The second kappa shape index (κ2) is 5.91. The molecule has 0 unspecified atom stereocenters. The minimum atomic E-state index is -4.42. The van der Waals surface area contributed by atoms with Crippen LogP contribution < -0.4 is 10.5 Å². The zero-order valence-electron chi connectivity index (χ0n) is 10.7. The molecule has 0 aromatic heterocycles. The standard InChI is InChI=1S/C9H12FN3O6S2/c1-20(16,17)3-2-12-21(18,19)9-7(10)4-6(13(14)15)5-8(9)11/h4-5,12H,2-3,11H2,1H3. The van der Waals surface area contributed by atoms with E-state index in [-0.39, 0.29) is 0 Å². The number of nitrogens with two attached hydrogens (primary N) is 1. The number of nitro groups is 1. The highest BCUT2D eigenvalue weighted by Gasteiger charge is 2.25. The Labute approximate surface area is 120 Å². The highest BCUT2D eigenvalue weighted by molar-refractivity contribution is 7.91. The van der Waals surface area contributed by atoms with Crippen LogP contribution in [0.2, 0.25) is 0 Å². The molecule has 0 bridgehead atoms. The Morgan fingerprint density at radius 3 is 2.33 bits per heavy atom. The van der Waals surface area contributed by atoms with E-state index in [0.29, 0.717) is 12.1 Å². The van der Waals surface area contributed by atoms with Crippen LogP contribution in [0.15, 0.2) is 17.0 Å². The summed E-state index contributed by atoms with van der Waals surface area (Å²) in [6.45, 7) is -0.475. The predicted octanol–water partition coefficient (Wildman–Crippen LogP) is -0.361. The van der Waals surface area contributed by atoms with Crippen LogP contribution in [-0.2, 0) is 19.9 Å². The number of non-ortho nitro benzene ring substituents is 1. The van der Waals surface area contributed by atoms with E-state index in [2.05, 4.69) is 0 Å². The van der Waals surface area contributed by atoms with Crippen molar-refractivity contribution in [3.63, 3.8) is 0 Å². The summed E-state index contributed by atoms with van der Waals surface area (Å²) in [6, 6.07) is 1.12. The van der Waals surface area contributed by atoms with E-state index >= 15 is 0 Å². The minimum Gasteiger partial charge on any atom is -0.397 e. The normalized spacial score (nSPS) is 12.3. The highest BCUT2D eigenvalue weighted by atomic mass is 32.2. The molecule has 3 N–H and O–H groups in total. The summed E-state index contributed by atoms with van der Waals surface area (Å²) in [6.07, 6.45) is 0.905. The van der Waals surface area contributed by atoms with Crippen molar-refractivity contribution in [2.24, 2.45) is 0 Å². The van der Waals surface area contributed by atoms with E-state index in [0.717, 1.165) is 6.26 Å². The van der Waals surface area contributed by atoms with E-state index in [4.69, 9.17) is 5.73 Å². The second-order valence-electron chi connectivity index (χ2n) is 4.13. The van der Waals surface area contributed by atoms with Gasteiger partial charge in [-0.25, -0.2) is 25.9 Å². The molecule has 21 heavy (non-hydrogen) atoms. The summed E-state index contributed by atoms with van der Waals surface area (Å²) in [4.78, 5) is 8.62. The van der Waals surface area contributed by atoms with Crippen LogP contribution >= 0.6 is 0 Å². The van der Waals surface area contributed by atoms with Gasteiger partial charge in [0.2, 0.25) is 10.0 Å². The number of nitrogens with zero attached hydrogens (tertiary/aromatic N) is 1. The number of sulfone groups is 1. The zero-order valence-corrected chi connectivity index (χ0v) is 12.4. The number of nitro benzene ring substituents is 1. The first-order valence-corrected chi connectivity index (χ1v) is 8.89. The number of anilines is 1. The lowest BCUT2D eigenvalue weighted by Crippen LogP contribution is -2.30. The molecule has 0 atom stereocenters. The minimum absolute atomic E-state index is 0.418. The molecule has 0 saturated carbocycles. The Kier molecular flexibility index (Phi) is 4.86. The number of rotatable bonds is 6. The molecule has 12 heteroatoms. The number of hydrogen-bond acceptors (Lipinski definition) is 7. The van der Waals surface area contributed by atoms with Crippen molar-refractivity contribution in [1.29, 1.82) is 0 Å². The third-order valence-electron chi connectivity index (χ3n) is 2.30. The van der Waals surface area contributed by atoms with Gasteiger partial charge in [0.25, 0.3) is 5.69 Å². The molecule has 0 aliphatic carbocycles. The van der Waals surface area contributed by atoms with E-state index in [9.17, 15) is 31.3 Å². The molecule has 9 nitrogen and oxygen atoms in total. The summed E-state index contributed by atoms with van der Waals surface area (Å²) in [5, 5.41) is 10.5. The Balaban J connectivity index is 3.12. The fourth-order valence-corrected chi connectivity index (χ4v) is 3.22. The SMILES string of the molecule is CS(=O)(=O)CCNS(=O)(=O)c1c(N)cc([N+](=O)[O-])cc1F. The Morgan fingerprint density at radius 1 is 1.33 bits per heavy atom. The molecule has 1 rings (SSSR count). The molecule has 0 fully saturated rings. The maximum absolute atomic E-state index is 13.7. The topological polar surface area (TPSA) is 149 Å². The summed E-state index contributed by atoms with van der Waals surface area (Å²) in [7, 11) is -7.83. The number of sulfonamides is 1. The van der Waals surface area contributed by atoms with Gasteiger partial charge in [-0.05, 0) is 0 Å². The Bertz CT molecular complexity index is 752. The molecular weight excluding hydrogens is 329 g/mol. The van der Waals surface area contributed by atoms with Gasteiger partial charge in [0.15, 0.2) is 5.82 Å². The van der Waals surface area contributed by atoms with Gasteiger partial charge >= 0.3 is 0 Å². The van der Waals surface area contributed by atoms with Gasteiger partial charge in [0, 0.05) is 18.9 Å². The molecule has 0 spiro atoms. The number of nitrogens with one attached hydrogen (secondary N) is 1. The number of hydrogen-bond donors (Lipinski definition) is 2. The molecule has 118 valence electrons. The van der Waals surface area contributed by atoms with Gasteiger partial charge in [-0.15, -0.1) is 0 Å². The van der Waals surface area contributed by atoms with E-state index < -0.39 is 59.2 Å². The van der Waals surface area contributed by atoms with Crippen molar-refractivity contribution in [2.75, 3.05) is 24.3 Å². The van der Waals surface area contributed by atoms with Gasteiger partial charge in [0.1, 0.15) is 14.7 Å². The predicted molar refractivity (Wildman–Crippen MR) is 72.4 cm³/mol. The van der Waals surface area contributed by atoms with Crippen LogP contribution in [0.4, 0.5) is 15.8 Å². The van der Waals surface area contributed by atoms with Crippen molar-refractivity contribution in [1.82, 2.24) is 4.72 Å². The zero-order chi connectivity index (χ0) is 16.4. The van der Waals surface area contributed by atoms with Crippen LogP contribution in [0.25, 0.3) is 0 Å². The molecule has 1 aromatic rings. The molecule has 0 saturated heterocycles. The second-order valence-corrected chi connectivity index (χ2v) is 8.09. The van der Waals surface area contributed by atoms with Crippen molar-refractivity contribution in [3.05, 3.63) is 28.1 Å². The first-order chi connectivity index (χ1) is 9.44. The molecule has 0 radical (unpaired) electrons. The summed E-state index contributed by atoms with van der Waals surface area (Å²) in [5.74, 6) is -1.88. The molecule has 1 aromatic carbocycles. The fraction of sp³-hybridized carbons (Fsp3) is 0.333. The van der Waals surface area contributed by atoms with Gasteiger partial charge in [-0.2, -0.15) is 0 Å². The average Bonchev–Trinajstić information content (AvgIpc) is 2.24. The van der Waals surface area contributed by atoms with Crippen LogP contribution in [0.1, 0.15) is 0 Å². The lowest BCUT2D eigenvalue weighted by molar-refractivity contribution is -0.385. The van der Waals surface area contributed by atoms with Gasteiger partial charge in [0.05, 0.1) is 22.4 Å². The third kappa shape index (κ3) is 4.61. The van der Waals surface area contributed by atoms with Crippen molar-refractivity contribution in [3.8, 4) is 0 Å². The van der Waals surface area contributed by atoms with Crippen molar-refractivity contribution in [2.45, 2.75) is 4.90 Å². The number of benzene rings is 1. The fourth-order valence-electron chi connectivity index (χ4n) is 1.42. The first-order valence-electron chi connectivity index (χ1n) is 5.35. The molecule has 0 heterocycles. The average molecular weight is 341 g/mol. The van der Waals surface area contributed by atoms with Crippen molar-refractivity contribution < 1.29 is 26.1 Å². The smallest absolute Gasteiger partial charge is 0.274 e.